The van der Waals surface area contributed by atoms with E-state index >= 15 is 0 Å². The van der Waals surface area contributed by atoms with Crippen LogP contribution in [0.25, 0.3) is 0 Å². The number of hydrogen-bond acceptors (Lipinski definition) is 3. The topological polar surface area (TPSA) is 38.8 Å². The van der Waals surface area contributed by atoms with Gasteiger partial charge in [0.25, 0.3) is 0 Å². The van der Waals surface area contributed by atoms with Gasteiger partial charge in [-0.3, -0.25) is 0 Å². The van der Waals surface area contributed by atoms with Crippen molar-refractivity contribution in [1.82, 2.24) is 0 Å². The predicted molar refractivity (Wildman–Crippen MR) is 57.8 cm³/mol. The van der Waals surface area contributed by atoms with Gasteiger partial charge in [-0.2, -0.15) is 35.6 Å². The van der Waals surface area contributed by atoms with Crippen LogP contribution in [0.5, 0.6) is 0 Å². The maximum atomic E-state index is 13.2. The van der Waals surface area contributed by atoms with Gasteiger partial charge in [0.05, 0.1) is 5.69 Å². The molecule has 11 heteroatoms. The van der Waals surface area contributed by atoms with Crippen LogP contribution in [-0.4, -0.2) is 24.3 Å². The summed E-state index contributed by atoms with van der Waals surface area (Å²) in [5.74, 6) is -6.55. The fourth-order valence-electron chi connectivity index (χ4n) is 1.15. The van der Waals surface area contributed by atoms with Gasteiger partial charge >= 0.3 is 24.3 Å². The van der Waals surface area contributed by atoms with E-state index in [0.29, 0.717) is 0 Å². The Hall–Kier alpha value is -2.04. The van der Waals surface area contributed by atoms with E-state index in [9.17, 15) is 35.5 Å². The minimum Gasteiger partial charge on any atom is -0.444 e. The molecule has 1 amide bonds. The van der Waals surface area contributed by atoms with Gasteiger partial charge in [0.2, 0.25) is 0 Å². The number of ether oxygens (including phenoxy) is 1. The van der Waals surface area contributed by atoms with E-state index in [4.69, 9.17) is 0 Å². The first kappa shape index (κ1) is 18.0. The summed E-state index contributed by atoms with van der Waals surface area (Å²) < 4.78 is 91.6. The van der Waals surface area contributed by atoms with E-state index in [-0.39, 0.29) is 0 Å². The molecule has 0 fully saturated rings. The number of nitrogens with zero attached hydrogens (tertiary/aromatic N) is 1. The number of rotatable bonds is 4. The predicted octanol–water partition coefficient (Wildman–Crippen LogP) is 4.14. The number of alkyl halides is 7. The molecule has 0 atom stereocenters. The van der Waals surface area contributed by atoms with Crippen LogP contribution in [0.3, 0.4) is 0 Å². The second-order valence-electron chi connectivity index (χ2n) is 3.72. The average Bonchev–Trinajstić information content (AvgIpc) is 2.43. The third-order valence-corrected chi connectivity index (χ3v) is 2.21. The Bertz CT molecular complexity index is 518. The van der Waals surface area contributed by atoms with E-state index in [1.54, 1.807) is 0 Å². The lowest BCUT2D eigenvalue weighted by atomic mass is 10.3. The zero-order chi connectivity index (χ0) is 17.2. The van der Waals surface area contributed by atoms with E-state index < -0.39 is 35.1 Å². The molecule has 123 valence electrons. The fourth-order valence-corrected chi connectivity index (χ4v) is 1.15. The van der Waals surface area contributed by atoms with Gasteiger partial charge in [0.15, 0.2) is 0 Å². The molecule has 1 radical (unpaired) electrons. The average molecular weight is 334 g/mol. The molecule has 22 heavy (non-hydrogen) atoms. The van der Waals surface area contributed by atoms with E-state index in [2.05, 4.69) is 16.7 Å². The van der Waals surface area contributed by atoms with Gasteiger partial charge in [0.1, 0.15) is 7.11 Å². The first-order chi connectivity index (χ1) is 9.94. The van der Waals surface area contributed by atoms with Crippen molar-refractivity contribution in [2.45, 2.75) is 18.2 Å². The first-order valence-corrected chi connectivity index (χ1v) is 5.26. The van der Waals surface area contributed by atoms with Crippen LogP contribution in [0.4, 0.5) is 41.2 Å². The highest BCUT2D eigenvalue weighted by Crippen LogP contribution is 2.47. The summed E-state index contributed by atoms with van der Waals surface area (Å²) in [4.78, 5) is 14.5. The van der Waals surface area contributed by atoms with Gasteiger partial charge in [-0.25, -0.2) is 4.79 Å². The highest BCUT2D eigenvalue weighted by molar-refractivity contribution is 5.85. The third kappa shape index (κ3) is 3.40. The third-order valence-electron chi connectivity index (χ3n) is 2.21. The minimum atomic E-state index is -6.60. The maximum absolute atomic E-state index is 13.2. The lowest BCUT2D eigenvalue weighted by Gasteiger charge is -2.31. The van der Waals surface area contributed by atoms with Gasteiger partial charge < -0.3 is 4.74 Å². The molecule has 1 aromatic carbocycles. The number of carbonyl (C=O) groups is 1. The first-order valence-electron chi connectivity index (χ1n) is 5.26. The molecule has 0 aliphatic carbocycles. The van der Waals surface area contributed by atoms with Crippen LogP contribution in [0, 0.1) is 7.11 Å². The Balaban J connectivity index is 3.17. The van der Waals surface area contributed by atoms with Crippen molar-refractivity contribution in [3.63, 3.8) is 0 Å². The van der Waals surface area contributed by atoms with E-state index in [1.807, 2.05) is 0 Å². The largest absolute Gasteiger partial charge is 0.462 e. The van der Waals surface area contributed by atoms with Crippen LogP contribution < -0.4 is 5.06 Å². The molecule has 0 bridgehead atoms. The Morgan fingerprint density at radius 1 is 1.00 bits per heavy atom. The number of carbonyl (C=O) groups excluding carboxylic acids is 1. The van der Waals surface area contributed by atoms with Gasteiger partial charge in [0, 0.05) is 0 Å². The standard InChI is InChI=1S/C11H7F7NO3/c1-21-8(20)19(7-5-3-2-4-6-7)22-11(17,18)9(12,13)10(14,15)16/h2-6H,1H2. The van der Waals surface area contributed by atoms with Gasteiger partial charge in [-0.05, 0) is 12.1 Å². The molecule has 0 saturated carbocycles. The molecule has 0 aliphatic rings. The van der Waals surface area contributed by atoms with E-state index in [0.717, 1.165) is 12.1 Å². The van der Waals surface area contributed by atoms with Crippen LogP contribution in [0.2, 0.25) is 0 Å². The molecule has 0 aromatic heterocycles. The second kappa shape index (κ2) is 5.99. The minimum absolute atomic E-state index is 0.563. The van der Waals surface area contributed by atoms with Crippen LogP contribution in [0.1, 0.15) is 0 Å². The van der Waals surface area contributed by atoms with Crippen molar-refractivity contribution in [3.05, 3.63) is 37.4 Å². The van der Waals surface area contributed by atoms with Gasteiger partial charge in [-0.1, -0.05) is 18.2 Å². The fraction of sp³-hybridized carbons (Fsp3) is 0.273. The van der Waals surface area contributed by atoms with Crippen molar-refractivity contribution in [3.8, 4) is 0 Å². The summed E-state index contributed by atoms with van der Waals surface area (Å²) in [5, 5.41) is -0.563. The molecule has 0 saturated heterocycles. The molecule has 1 aromatic rings. The summed E-state index contributed by atoms with van der Waals surface area (Å²) in [7, 11) is 2.55. The Kier molecular flexibility index (Phi) is 4.90. The SMILES string of the molecule is [CH2]OC(=O)N(OC(F)(F)C(F)(F)C(F)(F)F)c1ccccc1. The number of amides is 1. The number of benzene rings is 1. The van der Waals surface area contributed by atoms with Crippen molar-refractivity contribution < 1.29 is 45.1 Å². The highest BCUT2D eigenvalue weighted by Gasteiger charge is 2.75. The number of hydroxylamine groups is 1. The molecule has 0 unspecified atom stereocenters. The number of anilines is 1. The number of hydrogen-bond donors (Lipinski definition) is 0. The summed E-state index contributed by atoms with van der Waals surface area (Å²) >= 11 is 0. The molecule has 4 nitrogen and oxygen atoms in total. The van der Waals surface area contributed by atoms with Crippen LogP contribution >= 0.6 is 0 Å². The quantitative estimate of drug-likeness (QED) is 0.613. The molecule has 0 spiro atoms. The normalized spacial score (nSPS) is 12.9. The van der Waals surface area contributed by atoms with Crippen molar-refractivity contribution >= 4 is 11.8 Å². The van der Waals surface area contributed by atoms with Crippen LogP contribution in [0.15, 0.2) is 30.3 Å². The zero-order valence-electron chi connectivity index (χ0n) is 10.4. The molecule has 0 N–H and O–H groups in total. The Labute approximate surface area is 119 Å². The maximum Gasteiger partial charge on any atom is 0.462 e. The lowest BCUT2D eigenvalue weighted by molar-refractivity contribution is -0.424. The summed E-state index contributed by atoms with van der Waals surface area (Å²) in [5.41, 5.74) is -0.575. The Morgan fingerprint density at radius 3 is 1.91 bits per heavy atom. The molecular weight excluding hydrogens is 327 g/mol. The molecule has 0 heterocycles. The lowest BCUT2D eigenvalue weighted by Crippen LogP contribution is -2.56. The summed E-state index contributed by atoms with van der Waals surface area (Å²) in [6.07, 6.45) is -14.5. The second-order valence-corrected chi connectivity index (χ2v) is 3.72. The highest BCUT2D eigenvalue weighted by atomic mass is 19.4. The van der Waals surface area contributed by atoms with E-state index in [1.165, 1.54) is 18.2 Å². The molecule has 0 aliphatic heterocycles. The summed E-state index contributed by atoms with van der Waals surface area (Å²) in [6.45, 7) is 0. The van der Waals surface area contributed by atoms with Crippen molar-refractivity contribution in [1.29, 1.82) is 0 Å². The monoisotopic (exact) mass is 334 g/mol. The summed E-state index contributed by atoms with van der Waals surface area (Å²) in [6, 6.07) is 5.58. The zero-order valence-corrected chi connectivity index (χ0v) is 10.4. The molecular formula is C11H7F7NO3. The van der Waals surface area contributed by atoms with Crippen molar-refractivity contribution in [2.75, 3.05) is 5.06 Å². The Morgan fingerprint density at radius 2 is 1.50 bits per heavy atom. The molecule has 1 rings (SSSR count). The van der Waals surface area contributed by atoms with Gasteiger partial charge in [-0.15, -0.1) is 5.06 Å². The van der Waals surface area contributed by atoms with Crippen LogP contribution in [-0.2, 0) is 9.57 Å². The smallest absolute Gasteiger partial charge is 0.444 e. The number of para-hydroxylation sites is 1. The van der Waals surface area contributed by atoms with Crippen molar-refractivity contribution in [2.24, 2.45) is 0 Å². The number of halogens is 7.